The quantitative estimate of drug-likeness (QED) is 0.319. The Morgan fingerprint density at radius 1 is 0.657 bits per heavy atom. The van der Waals surface area contributed by atoms with Gasteiger partial charge in [-0.1, -0.05) is 46.5 Å². The van der Waals surface area contributed by atoms with Crippen LogP contribution in [0.3, 0.4) is 0 Å². The van der Waals surface area contributed by atoms with Gasteiger partial charge in [0.1, 0.15) is 11.0 Å². The summed E-state index contributed by atoms with van der Waals surface area (Å²) in [5.41, 5.74) is 8.04. The smallest absolute Gasteiger partial charge is 0.113 e. The predicted octanol–water partition coefficient (Wildman–Crippen LogP) is 5.69. The van der Waals surface area contributed by atoms with Crippen molar-refractivity contribution in [2.24, 2.45) is 0 Å². The van der Waals surface area contributed by atoms with Crippen LogP contribution in [0.2, 0.25) is 0 Å². The Balaban J connectivity index is 1.34. The van der Waals surface area contributed by atoms with Gasteiger partial charge in [0.05, 0.1) is 33.8 Å². The van der Waals surface area contributed by atoms with Crippen molar-refractivity contribution in [3.63, 3.8) is 0 Å². The van der Waals surface area contributed by atoms with E-state index in [0.29, 0.717) is 0 Å². The fourth-order valence-electron chi connectivity index (χ4n) is 4.59. The standard InChI is InChI=1S/C26H19N7S2/c34-14-13-31-23-11-9-17(32-21-7-3-1-5-19(21)27-29-32)15-25(23)35-26-16-18(10-12-24(26)31)33-22-8-4-2-6-20(22)28-30-33/h1-12,15-16,34H,13-14H2. The van der Waals surface area contributed by atoms with Gasteiger partial charge >= 0.3 is 0 Å². The van der Waals surface area contributed by atoms with Gasteiger partial charge in [0.2, 0.25) is 0 Å². The summed E-state index contributed by atoms with van der Waals surface area (Å²) in [5.74, 6) is 0.745. The molecule has 1 aliphatic heterocycles. The molecule has 0 amide bonds. The van der Waals surface area contributed by atoms with Crippen LogP contribution >= 0.6 is 24.4 Å². The van der Waals surface area contributed by atoms with E-state index in [1.54, 1.807) is 11.8 Å². The predicted molar refractivity (Wildman–Crippen MR) is 143 cm³/mol. The number of hydrogen-bond acceptors (Lipinski definition) is 7. The zero-order chi connectivity index (χ0) is 23.4. The fraction of sp³-hybridized carbons (Fsp3) is 0.0769. The molecule has 9 heteroatoms. The maximum absolute atomic E-state index is 4.54. The average Bonchev–Trinajstić information content (AvgIpc) is 3.53. The van der Waals surface area contributed by atoms with Crippen molar-refractivity contribution in [2.45, 2.75) is 9.79 Å². The number of anilines is 2. The fourth-order valence-corrected chi connectivity index (χ4v) is 5.95. The van der Waals surface area contributed by atoms with Crippen LogP contribution in [-0.4, -0.2) is 42.3 Å². The Kier molecular flexibility index (Phi) is 4.78. The van der Waals surface area contributed by atoms with Crippen molar-refractivity contribution in [1.82, 2.24) is 30.0 Å². The molecule has 0 unspecified atom stereocenters. The molecule has 0 bridgehead atoms. The molecule has 0 fully saturated rings. The number of benzene rings is 4. The lowest BCUT2D eigenvalue weighted by molar-refractivity contribution is 0.819. The number of nitrogens with zero attached hydrogens (tertiary/aromatic N) is 7. The third-order valence-corrected chi connectivity index (χ3v) is 7.50. The van der Waals surface area contributed by atoms with Crippen molar-refractivity contribution in [3.8, 4) is 11.4 Å². The molecule has 7 rings (SSSR count). The third-order valence-electron chi connectivity index (χ3n) is 6.20. The van der Waals surface area contributed by atoms with E-state index in [4.69, 9.17) is 0 Å². The lowest BCUT2D eigenvalue weighted by atomic mass is 10.2. The number of hydrogen-bond donors (Lipinski definition) is 1. The Morgan fingerprint density at radius 3 is 1.69 bits per heavy atom. The number of para-hydroxylation sites is 2. The van der Waals surface area contributed by atoms with Crippen LogP contribution in [0.25, 0.3) is 33.4 Å². The van der Waals surface area contributed by atoms with Gasteiger partial charge in [-0.25, -0.2) is 9.36 Å². The van der Waals surface area contributed by atoms with Crippen LogP contribution < -0.4 is 4.90 Å². The molecule has 0 aliphatic carbocycles. The van der Waals surface area contributed by atoms with Crippen molar-refractivity contribution < 1.29 is 0 Å². The van der Waals surface area contributed by atoms with Crippen molar-refractivity contribution in [2.75, 3.05) is 17.2 Å². The van der Waals surface area contributed by atoms with Gasteiger partial charge in [-0.3, -0.25) is 0 Å². The summed E-state index contributed by atoms with van der Waals surface area (Å²) in [6, 6.07) is 28.9. The van der Waals surface area contributed by atoms with E-state index in [1.807, 2.05) is 57.9 Å². The Labute approximate surface area is 210 Å². The summed E-state index contributed by atoms with van der Waals surface area (Å²) in [6.45, 7) is 0.806. The van der Waals surface area contributed by atoms with Gasteiger partial charge in [0.25, 0.3) is 0 Å². The van der Waals surface area contributed by atoms with Crippen molar-refractivity contribution >= 4 is 57.8 Å². The first kappa shape index (κ1) is 20.5. The summed E-state index contributed by atoms with van der Waals surface area (Å²) in [7, 11) is 0. The zero-order valence-electron chi connectivity index (χ0n) is 18.5. The molecule has 7 nitrogen and oxygen atoms in total. The van der Waals surface area contributed by atoms with E-state index in [9.17, 15) is 0 Å². The van der Waals surface area contributed by atoms with E-state index in [-0.39, 0.29) is 0 Å². The van der Waals surface area contributed by atoms with Crippen molar-refractivity contribution in [3.05, 3.63) is 84.9 Å². The molecule has 35 heavy (non-hydrogen) atoms. The Hall–Kier alpha value is -3.82. The summed E-state index contributed by atoms with van der Waals surface area (Å²) in [6.07, 6.45) is 0. The van der Waals surface area contributed by atoms with Crippen LogP contribution in [0, 0.1) is 0 Å². The van der Waals surface area contributed by atoms with Crippen LogP contribution in [0.4, 0.5) is 11.4 Å². The molecule has 0 atom stereocenters. The van der Waals surface area contributed by atoms with E-state index >= 15 is 0 Å². The lowest BCUT2D eigenvalue weighted by Crippen LogP contribution is -2.23. The van der Waals surface area contributed by atoms with Gasteiger partial charge in [-0.15, -0.1) is 10.2 Å². The SMILES string of the molecule is SCCN1c2ccc(-n3nnc4ccccc43)cc2Sc2cc(-n3nnc4ccccc43)ccc21. The molecule has 0 N–H and O–H groups in total. The number of thiol groups is 1. The molecule has 1 aliphatic rings. The number of fused-ring (bicyclic) bond motifs is 4. The molecular weight excluding hydrogens is 474 g/mol. The maximum atomic E-state index is 4.54. The molecule has 0 radical (unpaired) electrons. The second kappa shape index (κ2) is 8.14. The van der Waals surface area contributed by atoms with E-state index in [2.05, 4.69) is 74.6 Å². The second-order valence-corrected chi connectivity index (χ2v) is 9.79. The summed E-state index contributed by atoms with van der Waals surface area (Å²) < 4.78 is 3.79. The summed E-state index contributed by atoms with van der Waals surface area (Å²) in [4.78, 5) is 4.66. The molecule has 6 aromatic rings. The van der Waals surface area contributed by atoms with Gasteiger partial charge in [-0.05, 0) is 60.7 Å². The minimum atomic E-state index is 0.745. The van der Waals surface area contributed by atoms with Gasteiger partial charge < -0.3 is 4.90 Å². The van der Waals surface area contributed by atoms with Crippen LogP contribution in [0.5, 0.6) is 0 Å². The van der Waals surface area contributed by atoms with E-state index in [1.165, 1.54) is 11.4 Å². The van der Waals surface area contributed by atoms with Crippen molar-refractivity contribution in [1.29, 1.82) is 0 Å². The Bertz CT molecular complexity index is 1600. The molecule has 2 aromatic heterocycles. The highest BCUT2D eigenvalue weighted by Gasteiger charge is 2.25. The summed E-state index contributed by atoms with van der Waals surface area (Å²) in [5, 5.41) is 17.5. The van der Waals surface area contributed by atoms with Gasteiger partial charge in [0.15, 0.2) is 0 Å². The average molecular weight is 494 g/mol. The maximum Gasteiger partial charge on any atom is 0.113 e. The first-order valence-electron chi connectivity index (χ1n) is 11.3. The number of aromatic nitrogens is 6. The first-order valence-corrected chi connectivity index (χ1v) is 12.7. The molecule has 0 spiro atoms. The molecule has 0 saturated heterocycles. The van der Waals surface area contributed by atoms with E-state index in [0.717, 1.165) is 55.5 Å². The molecule has 4 aromatic carbocycles. The highest BCUT2D eigenvalue weighted by molar-refractivity contribution is 7.99. The minimum absolute atomic E-state index is 0.745. The molecule has 170 valence electrons. The highest BCUT2D eigenvalue weighted by Crippen LogP contribution is 2.49. The second-order valence-electron chi connectivity index (χ2n) is 8.26. The zero-order valence-corrected chi connectivity index (χ0v) is 20.2. The Morgan fingerprint density at radius 2 is 1.17 bits per heavy atom. The van der Waals surface area contributed by atoms with Gasteiger partial charge in [-0.2, -0.15) is 12.6 Å². The molecular formula is C26H19N7S2. The van der Waals surface area contributed by atoms with Crippen LogP contribution in [0.15, 0.2) is 94.7 Å². The summed E-state index contributed by atoms with van der Waals surface area (Å²) >= 11 is 6.30. The molecule has 3 heterocycles. The lowest BCUT2D eigenvalue weighted by Gasteiger charge is -2.33. The third kappa shape index (κ3) is 3.30. The number of rotatable bonds is 4. The monoisotopic (exact) mass is 493 g/mol. The largest absolute Gasteiger partial charge is 0.339 e. The van der Waals surface area contributed by atoms with E-state index < -0.39 is 0 Å². The molecule has 0 saturated carbocycles. The van der Waals surface area contributed by atoms with Crippen LogP contribution in [0.1, 0.15) is 0 Å². The topological polar surface area (TPSA) is 64.7 Å². The first-order chi connectivity index (χ1) is 17.3. The highest BCUT2D eigenvalue weighted by atomic mass is 32.2. The van der Waals surface area contributed by atoms with Gasteiger partial charge in [0, 0.05) is 22.1 Å². The van der Waals surface area contributed by atoms with Crippen LogP contribution in [-0.2, 0) is 0 Å². The minimum Gasteiger partial charge on any atom is -0.339 e. The normalized spacial score (nSPS) is 12.8.